The van der Waals surface area contributed by atoms with Gasteiger partial charge in [0.1, 0.15) is 28.8 Å². The number of aldehydes is 1. The van der Waals surface area contributed by atoms with Crippen LogP contribution >= 0.6 is 0 Å². The smallest absolute Gasteiger partial charge is 0.246 e. The normalized spacial score (nSPS) is 14.1. The Morgan fingerprint density at radius 2 is 1.03 bits per heavy atom. The van der Waals surface area contributed by atoms with Crippen LogP contribution in [-0.4, -0.2) is 99.2 Å². The van der Waals surface area contributed by atoms with Gasteiger partial charge in [-0.2, -0.15) is 0 Å². The van der Waals surface area contributed by atoms with Crippen LogP contribution in [0.25, 0.3) is 10.8 Å². The summed E-state index contributed by atoms with van der Waals surface area (Å²) in [7, 11) is 0. The Labute approximate surface area is 403 Å². The number of carbonyl (C=O) groups excluding carboxylic acids is 9. The van der Waals surface area contributed by atoms with E-state index in [2.05, 4.69) is 37.2 Å². The van der Waals surface area contributed by atoms with Crippen molar-refractivity contribution >= 4 is 64.1 Å². The molecule has 0 saturated carbocycles. The van der Waals surface area contributed by atoms with Crippen molar-refractivity contribution < 1.29 is 43.2 Å². The van der Waals surface area contributed by atoms with Gasteiger partial charge in [-0.3, -0.25) is 48.5 Å². The second kappa shape index (κ2) is 21.9. The summed E-state index contributed by atoms with van der Waals surface area (Å²) in [5.74, 6) is -4.79. The first-order valence-corrected chi connectivity index (χ1v) is 22.6. The maximum absolute atomic E-state index is 13.9. The molecule has 0 aliphatic rings. The minimum atomic E-state index is -1.90. The van der Waals surface area contributed by atoms with E-state index in [0.29, 0.717) is 23.0 Å². The molecule has 6 amide bonds. The van der Waals surface area contributed by atoms with Crippen molar-refractivity contribution in [3.8, 4) is 0 Å². The number of nitrogens with two attached hydrogens (primary N) is 1. The molecule has 4 atom stereocenters. The van der Waals surface area contributed by atoms with Gasteiger partial charge in [-0.1, -0.05) is 97.1 Å². The van der Waals surface area contributed by atoms with Gasteiger partial charge in [-0.25, -0.2) is 0 Å². The van der Waals surface area contributed by atoms with Crippen molar-refractivity contribution in [2.75, 3.05) is 0 Å². The van der Waals surface area contributed by atoms with Crippen LogP contribution in [0.4, 0.5) is 0 Å². The van der Waals surface area contributed by atoms with Gasteiger partial charge in [0.15, 0.2) is 17.9 Å². The lowest BCUT2D eigenvalue weighted by atomic mass is 9.96. The number of fused-ring (bicyclic) bond motifs is 1. The fraction of sp³-hybridized carbons (Fsp3) is 0.404. The lowest BCUT2D eigenvalue weighted by Gasteiger charge is -2.38. The fourth-order valence-electron chi connectivity index (χ4n) is 7.13. The zero-order valence-electron chi connectivity index (χ0n) is 41.2. The van der Waals surface area contributed by atoms with Crippen LogP contribution in [0, 0.1) is 0 Å². The first kappa shape index (κ1) is 54.5. The second-order valence-electron chi connectivity index (χ2n) is 19.8. The third-order valence-electron chi connectivity index (χ3n) is 11.4. The summed E-state index contributed by atoms with van der Waals surface area (Å²) in [6.45, 7) is 15.5. The van der Waals surface area contributed by atoms with Crippen molar-refractivity contribution in [1.29, 1.82) is 0 Å². The van der Waals surface area contributed by atoms with E-state index in [-0.39, 0.29) is 24.4 Å². The first-order valence-electron chi connectivity index (χ1n) is 22.6. The number of hydrogen-bond acceptors (Lipinski definition) is 11. The van der Waals surface area contributed by atoms with Crippen LogP contribution in [-0.2, 0) is 51.2 Å². The van der Waals surface area contributed by atoms with E-state index in [9.17, 15) is 43.2 Å². The third kappa shape index (κ3) is 14.9. The second-order valence-corrected chi connectivity index (χ2v) is 19.8. The molecule has 17 nitrogen and oxygen atoms in total. The Bertz CT molecular complexity index is 2590. The van der Waals surface area contributed by atoms with E-state index in [4.69, 9.17) is 5.73 Å². The van der Waals surface area contributed by atoms with Gasteiger partial charge in [0.25, 0.3) is 0 Å². The number of rotatable bonds is 22. The average molecular weight is 947 g/mol. The predicted octanol–water partition coefficient (Wildman–Crippen LogP) is 2.85. The number of amides is 6. The lowest BCUT2D eigenvalue weighted by Crippen LogP contribution is -2.71. The van der Waals surface area contributed by atoms with Crippen molar-refractivity contribution in [1.82, 2.24) is 37.2 Å². The van der Waals surface area contributed by atoms with Gasteiger partial charge < -0.3 is 37.6 Å². The molecule has 4 rings (SSSR count). The van der Waals surface area contributed by atoms with E-state index in [1.807, 2.05) is 48.5 Å². The quantitative estimate of drug-likeness (QED) is 0.0323. The molecule has 0 aliphatic carbocycles. The number of benzene rings is 4. The lowest BCUT2D eigenvalue weighted by molar-refractivity contribution is -0.139. The average Bonchev–Trinajstić information content (AvgIpc) is 3.27. The molecule has 9 N–H and O–H groups in total. The molecule has 0 radical (unpaired) electrons. The number of carbonyl (C=O) groups is 9. The number of nitrogens with one attached hydrogen (secondary N) is 7. The molecule has 0 aliphatic heterocycles. The van der Waals surface area contributed by atoms with Crippen LogP contribution < -0.4 is 43.0 Å². The van der Waals surface area contributed by atoms with Crippen molar-refractivity contribution in [2.45, 2.75) is 135 Å². The van der Waals surface area contributed by atoms with Crippen LogP contribution in [0.3, 0.4) is 0 Å². The van der Waals surface area contributed by atoms with Gasteiger partial charge in [0, 0.05) is 17.5 Å². The number of ketones is 2. The Balaban J connectivity index is 1.36. The molecule has 0 heterocycles. The van der Waals surface area contributed by atoms with Crippen molar-refractivity contribution in [2.24, 2.45) is 5.73 Å². The molecule has 0 spiro atoms. The van der Waals surface area contributed by atoms with Crippen LogP contribution in [0.2, 0.25) is 0 Å². The van der Waals surface area contributed by atoms with E-state index >= 15 is 0 Å². The SMILES string of the molecule is CC(=O)C(Cc1ccc(C(=O)c2ccccc2)cc1)NC(=O)C(C)(C)NC(=O)C(C)NC(=O)C(C)(C)NC(C)(C=O)NC(=O)C(C)(C)NC(=O)C(Cc1ccc2ccccc2c1)NC(=O)C(C)(C)N. The van der Waals surface area contributed by atoms with Crippen LogP contribution in [0.1, 0.15) is 103 Å². The minimum absolute atomic E-state index is 0.0614. The minimum Gasteiger partial charge on any atom is -0.344 e. The standard InChI is InChI=1S/C52H66N8O9/c1-31(42(64)57-49(5,6)45(67)55-39(32(2)62)28-33-21-25-37(26-22-33)41(63)36-18-13-12-14-19-36)54-46(68)51(9,10)60-52(11,30-61)59-47(69)50(7,8)58-43(65)40(56-44(66)48(3,4)53)29-34-23-24-35-17-15-16-20-38(35)27-34/h12-27,30-31,39-40,60H,28-29,53H2,1-11H3,(H,54,68)(H,55,67)(H,56,66)(H,57,64)(H,58,65)(H,59,69). The molecule has 0 aromatic heterocycles. The molecule has 4 aromatic carbocycles. The van der Waals surface area contributed by atoms with Gasteiger partial charge in [0.05, 0.1) is 17.1 Å². The fourth-order valence-corrected chi connectivity index (χ4v) is 7.13. The number of Topliss-reactive ketones (excluding diaryl/α,β-unsaturated/α-hetero) is 1. The first-order chi connectivity index (χ1) is 32.0. The summed E-state index contributed by atoms with van der Waals surface area (Å²) in [6, 6.07) is 25.5. The third-order valence-corrected chi connectivity index (χ3v) is 11.4. The Kier molecular flexibility index (Phi) is 17.3. The van der Waals surface area contributed by atoms with E-state index < -0.39 is 81.4 Å². The van der Waals surface area contributed by atoms with E-state index in [1.54, 1.807) is 48.5 Å². The summed E-state index contributed by atoms with van der Waals surface area (Å²) in [4.78, 5) is 119. The van der Waals surface area contributed by atoms with Gasteiger partial charge in [0.2, 0.25) is 35.4 Å². The number of hydrogen-bond donors (Lipinski definition) is 8. The summed E-state index contributed by atoms with van der Waals surface area (Å²) < 4.78 is 0. The van der Waals surface area contributed by atoms with Gasteiger partial charge in [-0.15, -0.1) is 0 Å². The molecular weight excluding hydrogens is 881 g/mol. The topological polar surface area (TPSA) is 264 Å². The van der Waals surface area contributed by atoms with E-state index in [1.165, 1.54) is 76.2 Å². The maximum atomic E-state index is 13.9. The summed E-state index contributed by atoms with van der Waals surface area (Å²) in [5, 5.41) is 20.5. The highest BCUT2D eigenvalue weighted by atomic mass is 16.2. The highest BCUT2D eigenvalue weighted by molar-refractivity contribution is 6.09. The summed E-state index contributed by atoms with van der Waals surface area (Å²) in [5.41, 5.74) is 0.372. The van der Waals surface area contributed by atoms with Crippen LogP contribution in [0.15, 0.2) is 97.1 Å². The molecule has 69 heavy (non-hydrogen) atoms. The summed E-state index contributed by atoms with van der Waals surface area (Å²) >= 11 is 0. The highest BCUT2D eigenvalue weighted by Crippen LogP contribution is 2.19. The molecule has 0 saturated heterocycles. The zero-order chi connectivity index (χ0) is 51.7. The Hall–Kier alpha value is -7.11. The Morgan fingerprint density at radius 3 is 1.61 bits per heavy atom. The van der Waals surface area contributed by atoms with Gasteiger partial charge >= 0.3 is 0 Å². The summed E-state index contributed by atoms with van der Waals surface area (Å²) in [6.07, 6.45) is 0.551. The maximum Gasteiger partial charge on any atom is 0.246 e. The molecule has 368 valence electrons. The molecule has 4 aromatic rings. The van der Waals surface area contributed by atoms with Gasteiger partial charge in [-0.05, 0) is 104 Å². The van der Waals surface area contributed by atoms with E-state index in [0.717, 1.165) is 16.3 Å². The van der Waals surface area contributed by atoms with Crippen molar-refractivity contribution in [3.63, 3.8) is 0 Å². The Morgan fingerprint density at radius 1 is 0.536 bits per heavy atom. The highest BCUT2D eigenvalue weighted by Gasteiger charge is 2.42. The monoisotopic (exact) mass is 946 g/mol. The largest absolute Gasteiger partial charge is 0.344 e. The zero-order valence-corrected chi connectivity index (χ0v) is 41.2. The van der Waals surface area contributed by atoms with Crippen molar-refractivity contribution in [3.05, 3.63) is 119 Å². The predicted molar refractivity (Wildman–Crippen MR) is 262 cm³/mol. The molecule has 0 fully saturated rings. The van der Waals surface area contributed by atoms with Crippen LogP contribution in [0.5, 0.6) is 0 Å². The molecule has 0 bridgehead atoms. The molecular formula is C52H66N8O9. The molecule has 17 heteroatoms. The molecule has 4 unspecified atom stereocenters.